The summed E-state index contributed by atoms with van der Waals surface area (Å²) in [6.07, 6.45) is 0.729. The third kappa shape index (κ3) is 2.59. The van der Waals surface area contributed by atoms with Gasteiger partial charge in [-0.15, -0.1) is 0 Å². The lowest BCUT2D eigenvalue weighted by atomic mass is 9.97. The van der Waals surface area contributed by atoms with Crippen LogP contribution in [0.15, 0.2) is 18.2 Å². The van der Waals surface area contributed by atoms with Crippen LogP contribution in [0.1, 0.15) is 25.8 Å². The molecule has 0 aliphatic carbocycles. The van der Waals surface area contributed by atoms with Crippen LogP contribution >= 0.6 is 0 Å². The Morgan fingerprint density at radius 1 is 1.60 bits per heavy atom. The lowest BCUT2D eigenvalue weighted by Gasteiger charge is -2.30. The summed E-state index contributed by atoms with van der Waals surface area (Å²) in [5, 5.41) is 2.74. The minimum absolute atomic E-state index is 0.0401. The average Bonchev–Trinajstić information content (AvgIpc) is 2.53. The number of nitrogens with zero attached hydrogens (tertiary/aromatic N) is 1. The Balaban J connectivity index is 2.45. The molecule has 0 radical (unpaired) electrons. The summed E-state index contributed by atoms with van der Waals surface area (Å²) in [6, 6.07) is 2.76. The van der Waals surface area contributed by atoms with Crippen molar-refractivity contribution >= 4 is 17.6 Å². The molecule has 0 bridgehead atoms. The van der Waals surface area contributed by atoms with Gasteiger partial charge in [0, 0.05) is 5.69 Å². The second kappa shape index (κ2) is 5.48. The largest absolute Gasteiger partial charge is 0.351 e. The highest BCUT2D eigenvalue weighted by Gasteiger charge is 2.35. The first kappa shape index (κ1) is 14.3. The van der Waals surface area contributed by atoms with Crippen molar-refractivity contribution in [2.24, 2.45) is 11.7 Å². The molecule has 6 heteroatoms. The molecule has 1 aliphatic heterocycles. The SMILES string of the molecule is CCC(C)[C@H]1C(=O)Nc2ccc(F)cc2CN1C(N)=O. The van der Waals surface area contributed by atoms with Crippen LogP contribution < -0.4 is 11.1 Å². The number of hydrogen-bond donors (Lipinski definition) is 2. The molecule has 108 valence electrons. The minimum Gasteiger partial charge on any atom is -0.351 e. The maximum absolute atomic E-state index is 13.3. The van der Waals surface area contributed by atoms with Gasteiger partial charge in [0.25, 0.3) is 0 Å². The first-order chi connectivity index (χ1) is 9.43. The van der Waals surface area contributed by atoms with Crippen LogP contribution in [-0.2, 0) is 11.3 Å². The molecule has 1 unspecified atom stereocenters. The number of hydrogen-bond acceptors (Lipinski definition) is 2. The number of rotatable bonds is 2. The van der Waals surface area contributed by atoms with E-state index in [1.165, 1.54) is 23.1 Å². The molecule has 0 aromatic heterocycles. The Hall–Kier alpha value is -2.11. The van der Waals surface area contributed by atoms with E-state index < -0.39 is 17.9 Å². The lowest BCUT2D eigenvalue weighted by Crippen LogP contribution is -2.50. The number of nitrogens with two attached hydrogens (primary N) is 1. The van der Waals surface area contributed by atoms with Crippen molar-refractivity contribution in [3.63, 3.8) is 0 Å². The Morgan fingerprint density at radius 3 is 2.90 bits per heavy atom. The van der Waals surface area contributed by atoms with E-state index in [1.807, 2.05) is 13.8 Å². The number of fused-ring (bicyclic) bond motifs is 1. The number of carbonyl (C=O) groups is 2. The molecule has 1 aromatic rings. The van der Waals surface area contributed by atoms with Gasteiger partial charge in [0.05, 0.1) is 6.54 Å². The molecule has 0 saturated heterocycles. The van der Waals surface area contributed by atoms with Gasteiger partial charge in [0.1, 0.15) is 11.9 Å². The first-order valence-electron chi connectivity index (χ1n) is 6.59. The van der Waals surface area contributed by atoms with Gasteiger partial charge in [0.15, 0.2) is 0 Å². The van der Waals surface area contributed by atoms with Crippen LogP contribution in [0.5, 0.6) is 0 Å². The summed E-state index contributed by atoms with van der Waals surface area (Å²) in [6.45, 7) is 3.95. The lowest BCUT2D eigenvalue weighted by molar-refractivity contribution is -0.121. The number of primary amides is 1. The number of benzene rings is 1. The third-order valence-electron chi connectivity index (χ3n) is 3.74. The second-order valence-electron chi connectivity index (χ2n) is 5.09. The monoisotopic (exact) mass is 279 g/mol. The Labute approximate surface area is 116 Å². The predicted octanol–water partition coefficient (Wildman–Crippen LogP) is 2.07. The van der Waals surface area contributed by atoms with Gasteiger partial charge in [0.2, 0.25) is 5.91 Å². The molecule has 0 fully saturated rings. The van der Waals surface area contributed by atoms with E-state index in [1.54, 1.807) is 0 Å². The fourth-order valence-corrected chi connectivity index (χ4v) is 2.45. The fraction of sp³-hybridized carbons (Fsp3) is 0.429. The van der Waals surface area contributed by atoms with E-state index >= 15 is 0 Å². The summed E-state index contributed by atoms with van der Waals surface area (Å²) in [4.78, 5) is 25.3. The molecule has 5 nitrogen and oxygen atoms in total. The van der Waals surface area contributed by atoms with Gasteiger partial charge < -0.3 is 16.0 Å². The highest BCUT2D eigenvalue weighted by molar-refractivity contribution is 5.98. The zero-order valence-corrected chi connectivity index (χ0v) is 11.5. The highest BCUT2D eigenvalue weighted by Crippen LogP contribution is 2.27. The van der Waals surface area contributed by atoms with Crippen LogP contribution in [0.3, 0.4) is 0 Å². The second-order valence-corrected chi connectivity index (χ2v) is 5.09. The van der Waals surface area contributed by atoms with Gasteiger partial charge in [-0.3, -0.25) is 4.79 Å². The van der Waals surface area contributed by atoms with Crippen molar-refractivity contribution in [3.8, 4) is 0 Å². The van der Waals surface area contributed by atoms with E-state index in [0.29, 0.717) is 11.3 Å². The molecule has 0 saturated carbocycles. The number of nitrogens with one attached hydrogen (secondary N) is 1. The van der Waals surface area contributed by atoms with Gasteiger partial charge in [-0.2, -0.15) is 0 Å². The van der Waals surface area contributed by atoms with Crippen molar-refractivity contribution < 1.29 is 14.0 Å². The highest BCUT2D eigenvalue weighted by atomic mass is 19.1. The van der Waals surface area contributed by atoms with Crippen molar-refractivity contribution in [3.05, 3.63) is 29.6 Å². The Kier molecular flexibility index (Phi) is 3.92. The molecule has 1 aromatic carbocycles. The van der Waals surface area contributed by atoms with Gasteiger partial charge in [-0.25, -0.2) is 9.18 Å². The summed E-state index contributed by atoms with van der Waals surface area (Å²) < 4.78 is 13.3. The summed E-state index contributed by atoms with van der Waals surface area (Å²) in [5.41, 5.74) is 6.46. The van der Waals surface area contributed by atoms with Crippen molar-refractivity contribution in [2.75, 3.05) is 5.32 Å². The number of amides is 3. The molecule has 1 heterocycles. The zero-order chi connectivity index (χ0) is 14.9. The van der Waals surface area contributed by atoms with Gasteiger partial charge in [-0.1, -0.05) is 20.3 Å². The maximum atomic E-state index is 13.3. The van der Waals surface area contributed by atoms with Gasteiger partial charge in [-0.05, 0) is 29.7 Å². The first-order valence-corrected chi connectivity index (χ1v) is 6.59. The number of halogens is 1. The summed E-state index contributed by atoms with van der Waals surface area (Å²) in [5.74, 6) is -0.741. The molecule has 2 atom stereocenters. The molecule has 3 amide bonds. The van der Waals surface area contributed by atoms with Crippen LogP contribution in [0, 0.1) is 11.7 Å². The quantitative estimate of drug-likeness (QED) is 0.869. The van der Waals surface area contributed by atoms with Crippen LogP contribution in [0.4, 0.5) is 14.9 Å². The average molecular weight is 279 g/mol. The molecule has 0 spiro atoms. The smallest absolute Gasteiger partial charge is 0.315 e. The fourth-order valence-electron chi connectivity index (χ4n) is 2.45. The van der Waals surface area contributed by atoms with E-state index in [-0.39, 0.29) is 18.4 Å². The summed E-state index contributed by atoms with van der Waals surface area (Å²) in [7, 11) is 0. The van der Waals surface area contributed by atoms with Crippen molar-refractivity contribution in [2.45, 2.75) is 32.9 Å². The van der Waals surface area contributed by atoms with E-state index in [0.717, 1.165) is 6.42 Å². The molecule has 2 rings (SSSR count). The summed E-state index contributed by atoms with van der Waals surface area (Å²) >= 11 is 0. The Bertz CT molecular complexity index is 547. The molecule has 1 aliphatic rings. The predicted molar refractivity (Wildman–Crippen MR) is 73.4 cm³/mol. The van der Waals surface area contributed by atoms with E-state index in [9.17, 15) is 14.0 Å². The number of urea groups is 1. The van der Waals surface area contributed by atoms with E-state index in [2.05, 4.69) is 5.32 Å². The standard InChI is InChI=1S/C14H18FN3O2/c1-3-8(2)12-13(19)17-11-5-4-10(15)6-9(11)7-18(12)14(16)20/h4-6,8,12H,3,7H2,1-2H3,(H2,16,20)(H,17,19)/t8?,12-/m0/s1. The molecule has 20 heavy (non-hydrogen) atoms. The normalized spacial score (nSPS) is 19.9. The van der Waals surface area contributed by atoms with E-state index in [4.69, 9.17) is 5.73 Å². The molecule has 3 N–H and O–H groups in total. The maximum Gasteiger partial charge on any atom is 0.315 e. The topological polar surface area (TPSA) is 75.4 Å². The number of anilines is 1. The van der Waals surface area contributed by atoms with Crippen LogP contribution in [0.25, 0.3) is 0 Å². The van der Waals surface area contributed by atoms with Crippen LogP contribution in [-0.4, -0.2) is 22.9 Å². The van der Waals surface area contributed by atoms with Crippen LogP contribution in [0.2, 0.25) is 0 Å². The third-order valence-corrected chi connectivity index (χ3v) is 3.74. The Morgan fingerprint density at radius 2 is 2.30 bits per heavy atom. The minimum atomic E-state index is -0.678. The van der Waals surface area contributed by atoms with Crippen molar-refractivity contribution in [1.82, 2.24) is 4.90 Å². The van der Waals surface area contributed by atoms with Crippen molar-refractivity contribution in [1.29, 1.82) is 0 Å². The molecular weight excluding hydrogens is 261 g/mol. The molecular formula is C14H18FN3O2. The zero-order valence-electron chi connectivity index (χ0n) is 11.5. The van der Waals surface area contributed by atoms with Gasteiger partial charge >= 0.3 is 6.03 Å². The number of carbonyl (C=O) groups excluding carboxylic acids is 2.